The number of para-hydroxylation sites is 2. The third-order valence-corrected chi connectivity index (χ3v) is 3.70. The van der Waals surface area contributed by atoms with Gasteiger partial charge in [-0.3, -0.25) is 14.9 Å². The van der Waals surface area contributed by atoms with Gasteiger partial charge >= 0.3 is 6.55 Å². The summed E-state index contributed by atoms with van der Waals surface area (Å²) in [4.78, 5) is 22.8. The highest BCUT2D eigenvalue weighted by Gasteiger charge is 2.17. The van der Waals surface area contributed by atoms with E-state index in [0.717, 1.165) is 18.3 Å². The number of halogens is 2. The standard InChI is InChI=1S/C18H14F2N4O5/c1-28-15-4-2-3-5-16(15)29-13-9-11(8-12(10-13)24(26)27)21-17(25)14-6-7-23(22-14)18(19)20/h2-10,18H,1H3,(H,21,25). The van der Waals surface area contributed by atoms with E-state index in [2.05, 4.69) is 10.4 Å². The van der Waals surface area contributed by atoms with E-state index in [4.69, 9.17) is 9.47 Å². The molecule has 3 aromatic rings. The van der Waals surface area contributed by atoms with Gasteiger partial charge < -0.3 is 14.8 Å². The van der Waals surface area contributed by atoms with Crippen molar-refractivity contribution in [1.82, 2.24) is 9.78 Å². The number of nitro benzene ring substituents is 1. The molecule has 0 aliphatic rings. The second kappa shape index (κ2) is 8.33. The predicted octanol–water partition coefficient (Wildman–Crippen LogP) is 4.24. The highest BCUT2D eigenvalue weighted by Crippen LogP contribution is 2.34. The molecule has 3 rings (SSSR count). The summed E-state index contributed by atoms with van der Waals surface area (Å²) in [6.07, 6.45) is 0.948. The van der Waals surface area contributed by atoms with Crippen LogP contribution in [0.1, 0.15) is 17.0 Å². The number of carbonyl (C=O) groups excluding carboxylic acids is 1. The maximum Gasteiger partial charge on any atom is 0.333 e. The first-order chi connectivity index (χ1) is 13.9. The number of nitro groups is 1. The van der Waals surface area contributed by atoms with Crippen LogP contribution in [0.2, 0.25) is 0 Å². The summed E-state index contributed by atoms with van der Waals surface area (Å²) >= 11 is 0. The van der Waals surface area contributed by atoms with E-state index in [9.17, 15) is 23.7 Å². The van der Waals surface area contributed by atoms with E-state index in [1.54, 1.807) is 24.3 Å². The molecule has 0 aliphatic heterocycles. The van der Waals surface area contributed by atoms with Crippen LogP contribution in [0.3, 0.4) is 0 Å². The zero-order valence-electron chi connectivity index (χ0n) is 14.9. The lowest BCUT2D eigenvalue weighted by atomic mass is 10.2. The van der Waals surface area contributed by atoms with Gasteiger partial charge in [-0.05, 0) is 18.2 Å². The maximum atomic E-state index is 12.6. The summed E-state index contributed by atoms with van der Waals surface area (Å²) in [5.41, 5.74) is -0.587. The van der Waals surface area contributed by atoms with Gasteiger partial charge in [0, 0.05) is 18.3 Å². The zero-order valence-corrected chi connectivity index (χ0v) is 14.9. The van der Waals surface area contributed by atoms with Crippen molar-refractivity contribution in [3.8, 4) is 17.2 Å². The molecule has 11 heteroatoms. The monoisotopic (exact) mass is 404 g/mol. The molecule has 0 saturated heterocycles. The Hall–Kier alpha value is -4.02. The Morgan fingerprint density at radius 2 is 1.93 bits per heavy atom. The lowest BCUT2D eigenvalue weighted by Gasteiger charge is -2.11. The summed E-state index contributed by atoms with van der Waals surface area (Å²) in [7, 11) is 1.44. The van der Waals surface area contributed by atoms with Crippen LogP contribution >= 0.6 is 0 Å². The normalized spacial score (nSPS) is 10.6. The van der Waals surface area contributed by atoms with Gasteiger partial charge in [0.15, 0.2) is 17.2 Å². The molecule has 0 unspecified atom stereocenters. The second-order valence-corrected chi connectivity index (χ2v) is 5.64. The zero-order chi connectivity index (χ0) is 21.0. The van der Waals surface area contributed by atoms with Crippen LogP contribution in [0.5, 0.6) is 17.2 Å². The summed E-state index contributed by atoms with van der Waals surface area (Å²) in [5.74, 6) is -0.0316. The number of ether oxygens (including phenoxy) is 2. The van der Waals surface area contributed by atoms with Gasteiger partial charge in [0.2, 0.25) is 0 Å². The Labute approximate surface area is 162 Å². The van der Waals surface area contributed by atoms with Crippen molar-refractivity contribution in [3.63, 3.8) is 0 Å². The molecule has 0 bridgehead atoms. The highest BCUT2D eigenvalue weighted by molar-refractivity contribution is 6.03. The molecule has 0 atom stereocenters. The Balaban J connectivity index is 1.88. The fourth-order valence-corrected chi connectivity index (χ4v) is 2.41. The molecule has 0 spiro atoms. The summed E-state index contributed by atoms with van der Waals surface area (Å²) in [6.45, 7) is -2.89. The Bertz CT molecular complexity index is 1050. The molecule has 0 radical (unpaired) electrons. The van der Waals surface area contributed by atoms with Crippen molar-refractivity contribution >= 4 is 17.3 Å². The molecule has 1 aromatic heterocycles. The van der Waals surface area contributed by atoms with Gasteiger partial charge in [-0.15, -0.1) is 0 Å². The lowest BCUT2D eigenvalue weighted by Crippen LogP contribution is -2.13. The van der Waals surface area contributed by atoms with Gasteiger partial charge in [0.25, 0.3) is 11.6 Å². The fraction of sp³-hybridized carbons (Fsp3) is 0.111. The molecule has 0 aliphatic carbocycles. The van der Waals surface area contributed by atoms with Crippen LogP contribution in [0, 0.1) is 10.1 Å². The number of amides is 1. The number of hydrogen-bond acceptors (Lipinski definition) is 6. The maximum absolute atomic E-state index is 12.6. The summed E-state index contributed by atoms with van der Waals surface area (Å²) < 4.78 is 36.3. The predicted molar refractivity (Wildman–Crippen MR) is 97.6 cm³/mol. The van der Waals surface area contributed by atoms with E-state index in [1.807, 2.05) is 0 Å². The van der Waals surface area contributed by atoms with Gasteiger partial charge in [0.1, 0.15) is 5.75 Å². The molecule has 9 nitrogen and oxygen atoms in total. The minimum atomic E-state index is -2.89. The van der Waals surface area contributed by atoms with Crippen molar-refractivity contribution in [1.29, 1.82) is 0 Å². The third-order valence-electron chi connectivity index (χ3n) is 3.70. The fourth-order valence-electron chi connectivity index (χ4n) is 2.41. The van der Waals surface area contributed by atoms with Gasteiger partial charge in [-0.25, -0.2) is 4.68 Å². The third kappa shape index (κ3) is 4.64. The molecular formula is C18H14F2N4O5. The van der Waals surface area contributed by atoms with Crippen LogP contribution in [-0.2, 0) is 0 Å². The molecule has 1 N–H and O–H groups in total. The topological polar surface area (TPSA) is 109 Å². The van der Waals surface area contributed by atoms with Gasteiger partial charge in [0.05, 0.1) is 23.8 Å². The second-order valence-electron chi connectivity index (χ2n) is 5.64. The number of hydrogen-bond donors (Lipinski definition) is 1. The van der Waals surface area contributed by atoms with Crippen LogP contribution in [-0.4, -0.2) is 27.7 Å². The molecule has 29 heavy (non-hydrogen) atoms. The molecule has 2 aromatic carbocycles. The van der Waals surface area contributed by atoms with Crippen molar-refractivity contribution in [2.45, 2.75) is 6.55 Å². The van der Waals surface area contributed by atoms with E-state index < -0.39 is 17.4 Å². The number of carbonyl (C=O) groups is 1. The Morgan fingerprint density at radius 3 is 2.55 bits per heavy atom. The summed E-state index contributed by atoms with van der Waals surface area (Å²) in [6, 6.07) is 11.4. The van der Waals surface area contributed by atoms with Crippen molar-refractivity contribution in [2.75, 3.05) is 12.4 Å². The number of non-ortho nitro benzene ring substituents is 1. The SMILES string of the molecule is COc1ccccc1Oc1cc(NC(=O)c2ccn(C(F)F)n2)cc([N+](=O)[O-])c1. The smallest absolute Gasteiger partial charge is 0.333 e. The average Bonchev–Trinajstić information content (AvgIpc) is 3.19. The molecule has 150 valence electrons. The lowest BCUT2D eigenvalue weighted by molar-refractivity contribution is -0.384. The number of rotatable bonds is 7. The van der Waals surface area contributed by atoms with Crippen molar-refractivity contribution in [3.05, 3.63) is 70.5 Å². The van der Waals surface area contributed by atoms with Gasteiger partial charge in [-0.2, -0.15) is 13.9 Å². The minimum absolute atomic E-state index is 0.0284. The number of nitrogens with zero attached hydrogens (tertiary/aromatic N) is 3. The number of aromatic nitrogens is 2. The highest BCUT2D eigenvalue weighted by atomic mass is 19.3. The van der Waals surface area contributed by atoms with Crippen LogP contribution in [0.15, 0.2) is 54.7 Å². The first-order valence-corrected chi connectivity index (χ1v) is 8.12. The number of anilines is 1. The van der Waals surface area contributed by atoms with E-state index in [0.29, 0.717) is 16.2 Å². The Kier molecular flexibility index (Phi) is 5.67. The number of alkyl halides is 2. The molecule has 0 fully saturated rings. The number of nitrogens with one attached hydrogen (secondary N) is 1. The van der Waals surface area contributed by atoms with E-state index in [-0.39, 0.29) is 22.8 Å². The molecular weight excluding hydrogens is 390 g/mol. The van der Waals surface area contributed by atoms with Crippen molar-refractivity contribution < 1.29 is 28.0 Å². The van der Waals surface area contributed by atoms with Crippen LogP contribution in [0.25, 0.3) is 0 Å². The van der Waals surface area contributed by atoms with Gasteiger partial charge in [-0.1, -0.05) is 12.1 Å². The first kappa shape index (κ1) is 19.7. The average molecular weight is 404 g/mol. The van der Waals surface area contributed by atoms with E-state index >= 15 is 0 Å². The minimum Gasteiger partial charge on any atom is -0.493 e. The van der Waals surface area contributed by atoms with E-state index in [1.165, 1.54) is 19.2 Å². The Morgan fingerprint density at radius 1 is 1.21 bits per heavy atom. The largest absolute Gasteiger partial charge is 0.493 e. The molecule has 0 saturated carbocycles. The molecule has 1 heterocycles. The van der Waals surface area contributed by atoms with Crippen LogP contribution in [0.4, 0.5) is 20.2 Å². The summed E-state index contributed by atoms with van der Waals surface area (Å²) in [5, 5.41) is 17.1. The number of methoxy groups -OCH3 is 1. The van der Waals surface area contributed by atoms with Crippen molar-refractivity contribution in [2.24, 2.45) is 0 Å². The first-order valence-electron chi connectivity index (χ1n) is 8.12. The van der Waals surface area contributed by atoms with Crippen LogP contribution < -0.4 is 14.8 Å². The quantitative estimate of drug-likeness (QED) is 0.466. The molecule has 1 amide bonds. The number of benzene rings is 2.